The molecule has 0 amide bonds. The first kappa shape index (κ1) is 17.3. The van der Waals surface area contributed by atoms with Crippen molar-refractivity contribution in [2.24, 2.45) is 0 Å². The Morgan fingerprint density at radius 2 is 1.46 bits per heavy atom. The summed E-state index contributed by atoms with van der Waals surface area (Å²) in [6, 6.07) is 24.4. The van der Waals surface area contributed by atoms with Gasteiger partial charge in [0.15, 0.2) is 0 Å². The van der Waals surface area contributed by atoms with Crippen LogP contribution in [-0.2, 0) is 18.3 Å². The van der Waals surface area contributed by atoms with E-state index in [2.05, 4.69) is 60.7 Å². The Morgan fingerprint density at radius 1 is 0.786 bits per heavy atom. The molecular formula is C24H16Cl2S2. The summed E-state index contributed by atoms with van der Waals surface area (Å²) in [7, 11) is 0. The number of rotatable bonds is 2. The summed E-state index contributed by atoms with van der Waals surface area (Å²) in [6.07, 6.45) is 1.94. The van der Waals surface area contributed by atoms with E-state index in [1.807, 2.05) is 6.07 Å². The van der Waals surface area contributed by atoms with E-state index in [9.17, 15) is 0 Å². The first-order valence-electron chi connectivity index (χ1n) is 9.37. The first-order valence-corrected chi connectivity index (χ1v) is 11.8. The second-order valence-electron chi connectivity index (χ2n) is 7.68. The van der Waals surface area contributed by atoms with Gasteiger partial charge in [-0.1, -0.05) is 71.7 Å². The molecule has 2 bridgehead atoms. The molecule has 2 heterocycles. The van der Waals surface area contributed by atoms with E-state index in [0.29, 0.717) is 0 Å². The standard InChI is InChI=1S/C24H16Cl2S2/c25-21-10-9-14(27-21)12-24-13-20-17(11-22(26)28-20)23(15-5-1-3-7-18(15)24)16-6-2-4-8-19(16)24/h1-11,23H,12-13H2. The zero-order valence-electron chi connectivity index (χ0n) is 14.9. The van der Waals surface area contributed by atoms with Crippen molar-refractivity contribution >= 4 is 45.9 Å². The highest BCUT2D eigenvalue weighted by atomic mass is 35.5. The van der Waals surface area contributed by atoms with Crippen LogP contribution in [-0.4, -0.2) is 0 Å². The quantitative estimate of drug-likeness (QED) is 0.300. The average molecular weight is 439 g/mol. The average Bonchev–Trinajstić information content (AvgIpc) is 3.22. The molecular weight excluding hydrogens is 423 g/mol. The van der Waals surface area contributed by atoms with E-state index in [0.717, 1.165) is 21.5 Å². The highest BCUT2D eigenvalue weighted by Gasteiger charge is 2.48. The first-order chi connectivity index (χ1) is 13.7. The van der Waals surface area contributed by atoms with Crippen LogP contribution >= 0.6 is 45.9 Å². The summed E-state index contributed by atoms with van der Waals surface area (Å²) in [5.74, 6) is 0.272. The molecule has 4 aromatic rings. The van der Waals surface area contributed by atoms with Gasteiger partial charge in [0, 0.05) is 21.1 Å². The maximum atomic E-state index is 6.51. The van der Waals surface area contributed by atoms with Crippen LogP contribution in [0.3, 0.4) is 0 Å². The van der Waals surface area contributed by atoms with Crippen LogP contribution in [0.2, 0.25) is 8.67 Å². The third kappa shape index (κ3) is 2.35. The molecule has 3 aliphatic rings. The van der Waals surface area contributed by atoms with Crippen LogP contribution in [0.1, 0.15) is 43.5 Å². The fourth-order valence-corrected chi connectivity index (χ4v) is 7.90. The summed E-state index contributed by atoms with van der Waals surface area (Å²) in [4.78, 5) is 2.75. The molecule has 2 aromatic heterocycles. The van der Waals surface area contributed by atoms with Crippen molar-refractivity contribution < 1.29 is 0 Å². The molecule has 0 saturated carbocycles. The molecule has 0 fully saturated rings. The fourth-order valence-electron chi connectivity index (χ4n) is 5.27. The van der Waals surface area contributed by atoms with Crippen LogP contribution in [0.5, 0.6) is 0 Å². The molecule has 0 unspecified atom stereocenters. The summed E-state index contributed by atoms with van der Waals surface area (Å²) in [5.41, 5.74) is 7.08. The number of benzene rings is 2. The molecule has 138 valence electrons. The number of hydrogen-bond acceptors (Lipinski definition) is 2. The second kappa shape index (κ2) is 6.21. The highest BCUT2D eigenvalue weighted by molar-refractivity contribution is 7.16. The summed E-state index contributed by atoms with van der Waals surface area (Å²) < 4.78 is 1.75. The van der Waals surface area contributed by atoms with Gasteiger partial charge in [-0.05, 0) is 58.9 Å². The van der Waals surface area contributed by atoms with E-state index in [1.54, 1.807) is 22.7 Å². The van der Waals surface area contributed by atoms with Crippen molar-refractivity contribution in [3.8, 4) is 0 Å². The molecule has 0 aliphatic heterocycles. The van der Waals surface area contributed by atoms with Gasteiger partial charge in [-0.3, -0.25) is 0 Å². The molecule has 0 spiro atoms. The van der Waals surface area contributed by atoms with Gasteiger partial charge in [-0.15, -0.1) is 22.7 Å². The van der Waals surface area contributed by atoms with Crippen LogP contribution in [0.25, 0.3) is 0 Å². The van der Waals surface area contributed by atoms with Gasteiger partial charge in [-0.25, -0.2) is 0 Å². The summed E-state index contributed by atoms with van der Waals surface area (Å²) in [6.45, 7) is 0. The van der Waals surface area contributed by atoms with E-state index in [4.69, 9.17) is 23.2 Å². The van der Waals surface area contributed by atoms with Crippen LogP contribution < -0.4 is 0 Å². The summed E-state index contributed by atoms with van der Waals surface area (Å²) >= 11 is 16.3. The summed E-state index contributed by atoms with van der Waals surface area (Å²) in [5, 5.41) is 0. The highest BCUT2D eigenvalue weighted by Crippen LogP contribution is 2.57. The van der Waals surface area contributed by atoms with E-state index in [1.165, 1.54) is 37.6 Å². The van der Waals surface area contributed by atoms with E-state index < -0.39 is 0 Å². The molecule has 2 aromatic carbocycles. The lowest BCUT2D eigenvalue weighted by Crippen LogP contribution is -2.36. The molecule has 7 rings (SSSR count). The number of halogens is 2. The van der Waals surface area contributed by atoms with Crippen molar-refractivity contribution in [2.45, 2.75) is 24.2 Å². The molecule has 3 aliphatic carbocycles. The lowest BCUT2D eigenvalue weighted by atomic mass is 9.62. The third-order valence-corrected chi connectivity index (χ3v) is 8.78. The minimum atomic E-state index is -0.0860. The number of hydrogen-bond donors (Lipinski definition) is 0. The second-order valence-corrected chi connectivity index (χ2v) is 11.2. The van der Waals surface area contributed by atoms with Crippen LogP contribution in [0.15, 0.2) is 66.7 Å². The SMILES string of the molecule is Clc1ccc(CC23Cc4sc(Cl)cc4C(c4ccccc42)c2ccccc23)s1. The Bertz CT molecular complexity index is 1170. The van der Waals surface area contributed by atoms with Crippen molar-refractivity contribution in [3.05, 3.63) is 113 Å². The van der Waals surface area contributed by atoms with Gasteiger partial charge in [0.25, 0.3) is 0 Å². The Hall–Kier alpha value is -1.58. The maximum absolute atomic E-state index is 6.51. The van der Waals surface area contributed by atoms with Crippen LogP contribution in [0.4, 0.5) is 0 Å². The van der Waals surface area contributed by atoms with Gasteiger partial charge in [0.05, 0.1) is 8.67 Å². The van der Waals surface area contributed by atoms with Gasteiger partial charge >= 0.3 is 0 Å². The van der Waals surface area contributed by atoms with Crippen molar-refractivity contribution in [3.63, 3.8) is 0 Å². The van der Waals surface area contributed by atoms with Crippen molar-refractivity contribution in [1.82, 2.24) is 0 Å². The smallest absolute Gasteiger partial charge is 0.0934 e. The fraction of sp³-hybridized carbons (Fsp3) is 0.167. The third-order valence-electron chi connectivity index (χ3n) is 6.26. The molecule has 0 N–H and O–H groups in total. The zero-order chi connectivity index (χ0) is 18.9. The lowest BCUT2D eigenvalue weighted by molar-refractivity contribution is 0.503. The zero-order valence-corrected chi connectivity index (χ0v) is 18.1. The Labute approximate surface area is 182 Å². The lowest BCUT2D eigenvalue weighted by Gasteiger charge is -2.41. The molecule has 0 nitrogen and oxygen atoms in total. The Morgan fingerprint density at radius 3 is 2.11 bits per heavy atom. The number of thiophene rings is 2. The topological polar surface area (TPSA) is 0 Å². The minimum absolute atomic E-state index is 0.0860. The monoisotopic (exact) mass is 438 g/mol. The molecule has 28 heavy (non-hydrogen) atoms. The predicted molar refractivity (Wildman–Crippen MR) is 121 cm³/mol. The van der Waals surface area contributed by atoms with Gasteiger partial charge in [0.2, 0.25) is 0 Å². The molecule has 4 heteroatoms. The van der Waals surface area contributed by atoms with Crippen molar-refractivity contribution in [1.29, 1.82) is 0 Å². The molecule has 0 radical (unpaired) electrons. The Balaban J connectivity index is 1.71. The molecule has 0 atom stereocenters. The predicted octanol–water partition coefficient (Wildman–Crippen LogP) is 7.69. The van der Waals surface area contributed by atoms with Gasteiger partial charge < -0.3 is 0 Å². The Kier molecular flexibility index (Phi) is 3.83. The normalized spacial score (nSPS) is 21.7. The van der Waals surface area contributed by atoms with Crippen LogP contribution in [0, 0.1) is 0 Å². The van der Waals surface area contributed by atoms with Gasteiger partial charge in [0.1, 0.15) is 0 Å². The van der Waals surface area contributed by atoms with Gasteiger partial charge in [-0.2, -0.15) is 0 Å². The van der Waals surface area contributed by atoms with E-state index in [-0.39, 0.29) is 11.3 Å². The molecule has 0 saturated heterocycles. The maximum Gasteiger partial charge on any atom is 0.0934 e. The van der Waals surface area contributed by atoms with E-state index >= 15 is 0 Å². The van der Waals surface area contributed by atoms with Crippen molar-refractivity contribution in [2.75, 3.05) is 0 Å². The minimum Gasteiger partial charge on any atom is -0.128 e. The largest absolute Gasteiger partial charge is 0.128 e.